The molecule has 1 fully saturated rings. The van der Waals surface area contributed by atoms with Crippen molar-refractivity contribution in [3.63, 3.8) is 0 Å². The van der Waals surface area contributed by atoms with Gasteiger partial charge in [-0.05, 0) is 31.0 Å². The largest absolute Gasteiger partial charge is 0.417 e. The minimum absolute atomic E-state index is 0.265. The fourth-order valence-electron chi connectivity index (χ4n) is 2.77. The fraction of sp³-hybridized carbons (Fsp3) is 0.500. The van der Waals surface area contributed by atoms with Crippen molar-refractivity contribution in [2.45, 2.75) is 37.9 Å². The van der Waals surface area contributed by atoms with Crippen LogP contribution in [0.1, 0.15) is 36.8 Å². The maximum atomic E-state index is 13.2. The molecule has 0 atom stereocenters. The Morgan fingerprint density at radius 2 is 1.95 bits per heavy atom. The molecular weight excluding hydrogens is 283 g/mol. The maximum absolute atomic E-state index is 13.2. The first-order valence-corrected chi connectivity index (χ1v) is 6.76. The lowest BCUT2D eigenvalue weighted by Gasteiger charge is -2.27. The molecule has 4 nitrogen and oxygen atoms in total. The summed E-state index contributed by atoms with van der Waals surface area (Å²) in [6.45, 7) is 0. The Bertz CT molecular complexity index is 537. The molecule has 0 saturated heterocycles. The number of nitrogens with two attached hydrogens (primary N) is 1. The van der Waals surface area contributed by atoms with E-state index in [4.69, 9.17) is 10.9 Å². The van der Waals surface area contributed by atoms with Gasteiger partial charge in [-0.2, -0.15) is 13.2 Å². The second-order valence-corrected chi connectivity index (χ2v) is 5.26. The average molecular weight is 301 g/mol. The summed E-state index contributed by atoms with van der Waals surface area (Å²) in [4.78, 5) is 1.87. The van der Waals surface area contributed by atoms with Crippen LogP contribution in [0.5, 0.6) is 0 Å². The van der Waals surface area contributed by atoms with Crippen LogP contribution in [0.3, 0.4) is 0 Å². The Kier molecular flexibility index (Phi) is 4.29. The van der Waals surface area contributed by atoms with Gasteiger partial charge in [-0.15, -0.1) is 0 Å². The average Bonchev–Trinajstić information content (AvgIpc) is 2.98. The summed E-state index contributed by atoms with van der Waals surface area (Å²) in [5.41, 5.74) is 4.62. The molecule has 2 rings (SSSR count). The van der Waals surface area contributed by atoms with Crippen LogP contribution in [0.2, 0.25) is 0 Å². The normalized spacial score (nSPS) is 17.2. The third-order valence-corrected chi connectivity index (χ3v) is 3.97. The lowest BCUT2D eigenvalue weighted by atomic mass is 10.0. The lowest BCUT2D eigenvalue weighted by molar-refractivity contribution is -0.137. The zero-order chi connectivity index (χ0) is 15.6. The smallest absolute Gasteiger partial charge is 0.409 e. The quantitative estimate of drug-likeness (QED) is 0.390. The van der Waals surface area contributed by atoms with Gasteiger partial charge in [-0.3, -0.25) is 0 Å². The Balaban J connectivity index is 2.41. The summed E-state index contributed by atoms with van der Waals surface area (Å²) in [7, 11) is 1.80. The van der Waals surface area contributed by atoms with Crippen LogP contribution < -0.4 is 10.6 Å². The molecule has 7 heteroatoms. The number of nitrogens with zero attached hydrogens (tertiary/aromatic N) is 2. The Morgan fingerprint density at radius 3 is 2.48 bits per heavy atom. The number of rotatable bonds is 3. The van der Waals surface area contributed by atoms with Crippen LogP contribution in [0, 0.1) is 0 Å². The first-order chi connectivity index (χ1) is 9.84. The van der Waals surface area contributed by atoms with Crippen molar-refractivity contribution in [1.82, 2.24) is 0 Å². The van der Waals surface area contributed by atoms with Gasteiger partial charge < -0.3 is 15.8 Å². The highest BCUT2D eigenvalue weighted by Gasteiger charge is 2.35. The standard InChI is InChI=1S/C14H18F3N3O/c1-20(9-4-2-3-5-9)10-6-7-11(13(18)19-21)12(8-10)14(15,16)17/h6-9,21H,2-5H2,1H3,(H2,18,19). The number of alkyl halides is 3. The van der Waals surface area contributed by atoms with Gasteiger partial charge in [0.05, 0.1) is 5.56 Å². The van der Waals surface area contributed by atoms with E-state index in [9.17, 15) is 13.2 Å². The van der Waals surface area contributed by atoms with E-state index in [-0.39, 0.29) is 11.6 Å². The van der Waals surface area contributed by atoms with Gasteiger partial charge in [-0.1, -0.05) is 18.0 Å². The molecule has 1 aliphatic rings. The molecule has 21 heavy (non-hydrogen) atoms. The molecule has 3 N–H and O–H groups in total. The van der Waals surface area contributed by atoms with Crippen molar-refractivity contribution in [1.29, 1.82) is 0 Å². The highest BCUT2D eigenvalue weighted by Crippen LogP contribution is 2.36. The highest BCUT2D eigenvalue weighted by atomic mass is 19.4. The third-order valence-electron chi connectivity index (χ3n) is 3.97. The summed E-state index contributed by atoms with van der Waals surface area (Å²) in [5, 5.41) is 11.3. The zero-order valence-electron chi connectivity index (χ0n) is 11.7. The molecule has 116 valence electrons. The van der Waals surface area contributed by atoms with E-state index in [1.54, 1.807) is 13.1 Å². The van der Waals surface area contributed by atoms with Gasteiger partial charge in [0.2, 0.25) is 0 Å². The SMILES string of the molecule is CN(c1ccc(/C(N)=N/O)c(C(F)(F)F)c1)C1CCCC1. The monoisotopic (exact) mass is 301 g/mol. The molecule has 0 heterocycles. The number of hydrogen-bond donors (Lipinski definition) is 2. The molecule has 1 aromatic rings. The van der Waals surface area contributed by atoms with Gasteiger partial charge >= 0.3 is 6.18 Å². The number of hydrogen-bond acceptors (Lipinski definition) is 3. The van der Waals surface area contributed by atoms with Gasteiger partial charge in [-0.25, -0.2) is 0 Å². The predicted octanol–water partition coefficient (Wildman–Crippen LogP) is 3.18. The molecule has 1 aromatic carbocycles. The number of anilines is 1. The van der Waals surface area contributed by atoms with Crippen molar-refractivity contribution in [3.05, 3.63) is 29.3 Å². The molecule has 1 saturated carbocycles. The van der Waals surface area contributed by atoms with Crippen LogP contribution >= 0.6 is 0 Å². The Hall–Kier alpha value is -1.92. The topological polar surface area (TPSA) is 61.8 Å². The molecule has 1 aliphatic carbocycles. The molecule has 0 spiro atoms. The zero-order valence-corrected chi connectivity index (χ0v) is 11.7. The second-order valence-electron chi connectivity index (χ2n) is 5.26. The van der Waals surface area contributed by atoms with Crippen LogP contribution in [-0.2, 0) is 6.18 Å². The minimum atomic E-state index is -4.56. The number of oxime groups is 1. The van der Waals surface area contributed by atoms with Crippen LogP contribution in [0.4, 0.5) is 18.9 Å². The van der Waals surface area contributed by atoms with E-state index in [0.717, 1.165) is 31.7 Å². The fourth-order valence-corrected chi connectivity index (χ4v) is 2.77. The van der Waals surface area contributed by atoms with Gasteiger partial charge in [0.15, 0.2) is 5.84 Å². The minimum Gasteiger partial charge on any atom is -0.409 e. The summed E-state index contributed by atoms with van der Waals surface area (Å²) in [6, 6.07) is 4.14. The van der Waals surface area contributed by atoms with E-state index in [1.807, 2.05) is 4.90 Å². The van der Waals surface area contributed by atoms with E-state index >= 15 is 0 Å². The molecule has 0 aliphatic heterocycles. The first kappa shape index (κ1) is 15.5. The molecule has 0 bridgehead atoms. The van der Waals surface area contributed by atoms with Crippen molar-refractivity contribution in [3.8, 4) is 0 Å². The summed E-state index contributed by atoms with van der Waals surface area (Å²) in [5.74, 6) is -0.544. The van der Waals surface area contributed by atoms with Gasteiger partial charge in [0, 0.05) is 24.3 Å². The Labute approximate surface area is 121 Å². The van der Waals surface area contributed by atoms with Crippen LogP contribution in [-0.4, -0.2) is 24.1 Å². The first-order valence-electron chi connectivity index (χ1n) is 6.76. The Morgan fingerprint density at radius 1 is 1.33 bits per heavy atom. The summed E-state index contributed by atoms with van der Waals surface area (Å²) >= 11 is 0. The number of halogens is 3. The number of benzene rings is 1. The number of amidine groups is 1. The lowest BCUT2D eigenvalue weighted by Crippen LogP contribution is -2.29. The van der Waals surface area contributed by atoms with E-state index < -0.39 is 17.6 Å². The summed E-state index contributed by atoms with van der Waals surface area (Å²) in [6.07, 6.45) is -0.385. The van der Waals surface area contributed by atoms with Crippen molar-refractivity contribution in [2.24, 2.45) is 10.9 Å². The van der Waals surface area contributed by atoms with E-state index in [2.05, 4.69) is 5.16 Å². The molecule has 0 radical (unpaired) electrons. The molecule has 0 amide bonds. The van der Waals surface area contributed by atoms with Crippen molar-refractivity contribution >= 4 is 11.5 Å². The van der Waals surface area contributed by atoms with Crippen molar-refractivity contribution in [2.75, 3.05) is 11.9 Å². The van der Waals surface area contributed by atoms with E-state index in [0.29, 0.717) is 5.69 Å². The van der Waals surface area contributed by atoms with Gasteiger partial charge in [0.25, 0.3) is 0 Å². The predicted molar refractivity (Wildman–Crippen MR) is 74.6 cm³/mol. The van der Waals surface area contributed by atoms with Crippen LogP contribution in [0.25, 0.3) is 0 Å². The maximum Gasteiger partial charge on any atom is 0.417 e. The molecular formula is C14H18F3N3O. The molecule has 0 unspecified atom stereocenters. The van der Waals surface area contributed by atoms with E-state index in [1.165, 1.54) is 6.07 Å². The second kappa shape index (κ2) is 5.83. The van der Waals surface area contributed by atoms with Crippen LogP contribution in [0.15, 0.2) is 23.4 Å². The van der Waals surface area contributed by atoms with Gasteiger partial charge in [0.1, 0.15) is 0 Å². The molecule has 0 aromatic heterocycles. The van der Waals surface area contributed by atoms with Crippen molar-refractivity contribution < 1.29 is 18.4 Å². The third kappa shape index (κ3) is 3.22. The highest BCUT2D eigenvalue weighted by molar-refractivity contribution is 5.99. The summed E-state index contributed by atoms with van der Waals surface area (Å²) < 4.78 is 39.5.